The van der Waals surface area contributed by atoms with Crippen LogP contribution in [0.15, 0.2) is 28.7 Å². The number of rotatable bonds is 6. The minimum absolute atomic E-state index is 0.0678. The molecule has 0 unspecified atom stereocenters. The molecule has 2 rings (SSSR count). The standard InChI is InChI=1S/C16H24BrN3O/c1-2-18-11-13-6-8-20(9-7-13)12-16(21)19-15-5-3-4-14(17)10-15/h3-5,10,13,18H,2,6-9,11-12H2,1H3,(H,19,21). The van der Waals surface area contributed by atoms with Crippen molar-refractivity contribution in [3.63, 3.8) is 0 Å². The van der Waals surface area contributed by atoms with Crippen LogP contribution >= 0.6 is 15.9 Å². The van der Waals surface area contributed by atoms with Crippen LogP contribution in [0.5, 0.6) is 0 Å². The second-order valence-electron chi connectivity index (χ2n) is 5.59. The SMILES string of the molecule is CCNCC1CCN(CC(=O)Nc2cccc(Br)c2)CC1. The lowest BCUT2D eigenvalue weighted by atomic mass is 9.97. The molecule has 21 heavy (non-hydrogen) atoms. The molecule has 1 saturated heterocycles. The van der Waals surface area contributed by atoms with E-state index in [0.717, 1.165) is 42.3 Å². The summed E-state index contributed by atoms with van der Waals surface area (Å²) < 4.78 is 0.976. The van der Waals surface area contributed by atoms with Crippen LogP contribution < -0.4 is 10.6 Å². The molecule has 0 radical (unpaired) electrons. The van der Waals surface area contributed by atoms with Gasteiger partial charge in [0.15, 0.2) is 0 Å². The molecule has 5 heteroatoms. The number of piperidine rings is 1. The number of anilines is 1. The smallest absolute Gasteiger partial charge is 0.238 e. The molecule has 0 saturated carbocycles. The number of likely N-dealkylation sites (tertiary alicyclic amines) is 1. The molecule has 1 fully saturated rings. The van der Waals surface area contributed by atoms with Gasteiger partial charge in [-0.2, -0.15) is 0 Å². The fraction of sp³-hybridized carbons (Fsp3) is 0.562. The van der Waals surface area contributed by atoms with Crippen molar-refractivity contribution in [1.29, 1.82) is 0 Å². The maximum Gasteiger partial charge on any atom is 0.238 e. The summed E-state index contributed by atoms with van der Waals surface area (Å²) in [5.41, 5.74) is 0.844. The highest BCUT2D eigenvalue weighted by atomic mass is 79.9. The Bertz CT molecular complexity index is 459. The third-order valence-corrected chi connectivity index (χ3v) is 4.36. The number of carbonyl (C=O) groups is 1. The summed E-state index contributed by atoms with van der Waals surface area (Å²) in [5, 5.41) is 6.36. The molecule has 1 aliphatic heterocycles. The Kier molecular flexibility index (Phi) is 6.67. The Hall–Kier alpha value is -0.910. The molecule has 0 bridgehead atoms. The molecule has 1 amide bonds. The predicted molar refractivity (Wildman–Crippen MR) is 90.5 cm³/mol. The zero-order chi connectivity index (χ0) is 15.1. The Labute approximate surface area is 135 Å². The molecule has 1 heterocycles. The topological polar surface area (TPSA) is 44.4 Å². The van der Waals surface area contributed by atoms with Gasteiger partial charge >= 0.3 is 0 Å². The average Bonchev–Trinajstić information content (AvgIpc) is 2.46. The zero-order valence-corrected chi connectivity index (χ0v) is 14.2. The normalized spacial score (nSPS) is 16.9. The van der Waals surface area contributed by atoms with Crippen LogP contribution in [0, 0.1) is 5.92 Å². The second kappa shape index (κ2) is 8.51. The first-order chi connectivity index (χ1) is 10.2. The third kappa shape index (κ3) is 5.77. The van der Waals surface area contributed by atoms with Gasteiger partial charge in [-0.3, -0.25) is 9.69 Å². The summed E-state index contributed by atoms with van der Waals surface area (Å²) in [6.07, 6.45) is 2.36. The van der Waals surface area contributed by atoms with Crippen molar-refractivity contribution < 1.29 is 4.79 Å². The van der Waals surface area contributed by atoms with Gasteiger partial charge in [-0.15, -0.1) is 0 Å². The van der Waals surface area contributed by atoms with Gasteiger partial charge in [0.05, 0.1) is 6.54 Å². The number of hydrogen-bond acceptors (Lipinski definition) is 3. The van der Waals surface area contributed by atoms with Crippen molar-refractivity contribution in [2.24, 2.45) is 5.92 Å². The van der Waals surface area contributed by atoms with Crippen molar-refractivity contribution in [2.45, 2.75) is 19.8 Å². The van der Waals surface area contributed by atoms with Crippen molar-refractivity contribution in [3.8, 4) is 0 Å². The highest BCUT2D eigenvalue weighted by molar-refractivity contribution is 9.10. The van der Waals surface area contributed by atoms with Crippen molar-refractivity contribution in [2.75, 3.05) is 38.0 Å². The largest absolute Gasteiger partial charge is 0.325 e. The van der Waals surface area contributed by atoms with Crippen molar-refractivity contribution in [3.05, 3.63) is 28.7 Å². The molecule has 4 nitrogen and oxygen atoms in total. The van der Waals surface area contributed by atoms with Gasteiger partial charge in [-0.1, -0.05) is 28.9 Å². The molecule has 1 aliphatic rings. The molecule has 1 aromatic carbocycles. The van der Waals surface area contributed by atoms with Crippen LogP contribution in [-0.2, 0) is 4.79 Å². The summed E-state index contributed by atoms with van der Waals surface area (Å²) >= 11 is 3.41. The van der Waals surface area contributed by atoms with Crippen LogP contribution in [0.2, 0.25) is 0 Å². The lowest BCUT2D eigenvalue weighted by Gasteiger charge is -2.31. The number of nitrogens with zero attached hydrogens (tertiary/aromatic N) is 1. The maximum absolute atomic E-state index is 12.1. The fourth-order valence-electron chi connectivity index (χ4n) is 2.67. The van der Waals surface area contributed by atoms with Gasteiger partial charge in [0.1, 0.15) is 0 Å². The molecule has 0 atom stereocenters. The molecule has 2 N–H and O–H groups in total. The van der Waals surface area contributed by atoms with Gasteiger partial charge in [0.2, 0.25) is 5.91 Å². The minimum atomic E-state index is 0.0678. The Balaban J connectivity index is 1.72. The third-order valence-electron chi connectivity index (χ3n) is 3.87. The van der Waals surface area contributed by atoms with Crippen LogP contribution in [0.4, 0.5) is 5.69 Å². The summed E-state index contributed by atoms with van der Waals surface area (Å²) in [6, 6.07) is 7.70. The van der Waals surface area contributed by atoms with E-state index < -0.39 is 0 Å². The number of carbonyl (C=O) groups excluding carboxylic acids is 1. The predicted octanol–water partition coefficient (Wildman–Crippen LogP) is 2.71. The summed E-state index contributed by atoms with van der Waals surface area (Å²) in [5.74, 6) is 0.826. The van der Waals surface area contributed by atoms with E-state index in [0.29, 0.717) is 6.54 Å². The highest BCUT2D eigenvalue weighted by Crippen LogP contribution is 2.17. The molecule has 0 spiro atoms. The molecule has 0 aliphatic carbocycles. The van der Waals surface area contributed by atoms with Gasteiger partial charge in [0.25, 0.3) is 0 Å². The van der Waals surface area contributed by atoms with E-state index in [1.54, 1.807) is 0 Å². The van der Waals surface area contributed by atoms with E-state index in [1.165, 1.54) is 12.8 Å². The van der Waals surface area contributed by atoms with E-state index >= 15 is 0 Å². The minimum Gasteiger partial charge on any atom is -0.325 e. The zero-order valence-electron chi connectivity index (χ0n) is 12.6. The van der Waals surface area contributed by atoms with E-state index in [1.807, 2.05) is 24.3 Å². The van der Waals surface area contributed by atoms with Gasteiger partial charge in [-0.25, -0.2) is 0 Å². The Morgan fingerprint density at radius 3 is 2.81 bits per heavy atom. The van der Waals surface area contributed by atoms with E-state index in [4.69, 9.17) is 0 Å². The molecular weight excluding hydrogens is 330 g/mol. The van der Waals surface area contributed by atoms with Gasteiger partial charge < -0.3 is 10.6 Å². The first kappa shape index (κ1) is 16.5. The first-order valence-electron chi connectivity index (χ1n) is 7.66. The number of nitrogens with one attached hydrogen (secondary N) is 2. The Morgan fingerprint density at radius 2 is 2.14 bits per heavy atom. The van der Waals surface area contributed by atoms with Crippen LogP contribution in [0.3, 0.4) is 0 Å². The lowest BCUT2D eigenvalue weighted by molar-refractivity contribution is -0.117. The van der Waals surface area contributed by atoms with Crippen molar-refractivity contribution >= 4 is 27.5 Å². The number of halogens is 1. The average molecular weight is 354 g/mol. The molecule has 1 aromatic rings. The fourth-order valence-corrected chi connectivity index (χ4v) is 3.07. The number of benzene rings is 1. The number of amides is 1. The van der Waals surface area contributed by atoms with E-state index in [2.05, 4.69) is 38.4 Å². The lowest BCUT2D eigenvalue weighted by Crippen LogP contribution is -2.41. The van der Waals surface area contributed by atoms with Crippen molar-refractivity contribution in [1.82, 2.24) is 10.2 Å². The van der Waals surface area contributed by atoms with Crippen LogP contribution in [-0.4, -0.2) is 43.5 Å². The Morgan fingerprint density at radius 1 is 1.38 bits per heavy atom. The van der Waals surface area contributed by atoms with Gasteiger partial charge in [-0.05, 0) is 63.1 Å². The molecule has 0 aromatic heterocycles. The van der Waals surface area contributed by atoms with Gasteiger partial charge in [0, 0.05) is 10.2 Å². The van der Waals surface area contributed by atoms with E-state index in [-0.39, 0.29) is 5.91 Å². The monoisotopic (exact) mass is 353 g/mol. The molecule has 116 valence electrons. The summed E-state index contributed by atoms with van der Waals surface area (Å²) in [4.78, 5) is 14.3. The highest BCUT2D eigenvalue weighted by Gasteiger charge is 2.20. The number of hydrogen-bond donors (Lipinski definition) is 2. The molecular formula is C16H24BrN3O. The van der Waals surface area contributed by atoms with Crippen LogP contribution in [0.25, 0.3) is 0 Å². The summed E-state index contributed by atoms with van der Waals surface area (Å²) in [6.45, 7) is 6.80. The first-order valence-corrected chi connectivity index (χ1v) is 8.45. The second-order valence-corrected chi connectivity index (χ2v) is 6.50. The van der Waals surface area contributed by atoms with Crippen LogP contribution in [0.1, 0.15) is 19.8 Å². The quantitative estimate of drug-likeness (QED) is 0.826. The van der Waals surface area contributed by atoms with E-state index in [9.17, 15) is 4.79 Å². The maximum atomic E-state index is 12.1. The summed E-state index contributed by atoms with van der Waals surface area (Å²) in [7, 11) is 0.